The normalized spacial score (nSPS) is 17.8. The maximum atomic E-state index is 3.71. The second-order valence-corrected chi connectivity index (χ2v) is 9.51. The fourth-order valence-corrected chi connectivity index (χ4v) is 5.18. The Balaban J connectivity index is 0.00000162. The Morgan fingerprint density at radius 1 is 0.500 bits per heavy atom. The summed E-state index contributed by atoms with van der Waals surface area (Å²) in [7, 11) is 0. The summed E-state index contributed by atoms with van der Waals surface area (Å²) in [6, 6.07) is 30.9. The fraction of sp³-hybridized carbons (Fsp3) is 0.333. The molecule has 1 aliphatic carbocycles. The van der Waals surface area contributed by atoms with Gasteiger partial charge in [0, 0.05) is 13.1 Å². The van der Waals surface area contributed by atoms with Crippen LogP contribution in [0, 0.1) is 11.8 Å². The molecule has 0 heterocycles. The van der Waals surface area contributed by atoms with Gasteiger partial charge in [0.15, 0.2) is 0 Å². The molecule has 0 amide bonds. The van der Waals surface area contributed by atoms with E-state index >= 15 is 0 Å². The molecule has 4 heteroatoms. The molecular weight excluding hydrogens is 459 g/mol. The van der Waals surface area contributed by atoms with Gasteiger partial charge >= 0.3 is 0 Å². The summed E-state index contributed by atoms with van der Waals surface area (Å²) in [4.78, 5) is 0. The molecule has 34 heavy (non-hydrogen) atoms. The molecule has 1 saturated carbocycles. The van der Waals surface area contributed by atoms with Gasteiger partial charge in [-0.05, 0) is 95.4 Å². The number of rotatable bonds is 8. The van der Waals surface area contributed by atoms with Gasteiger partial charge < -0.3 is 10.6 Å². The maximum Gasteiger partial charge on any atom is 0.0205 e. The standard InChI is InChI=1S/C30H34N2.2ClH/c1-3-7-29-17-25(13-15-27(29)5-1)21-31-19-23-9-11-24(12-10-23)20-32-22-26-14-16-28-6-2-4-8-30(28)18-26;;/h1-8,13-18,23-24,31-32H,9-12,19-22H2;2*1H. The minimum atomic E-state index is 0. The van der Waals surface area contributed by atoms with E-state index in [0.29, 0.717) is 0 Å². The minimum absolute atomic E-state index is 0. The zero-order valence-corrected chi connectivity index (χ0v) is 21.3. The quantitative estimate of drug-likeness (QED) is 0.264. The van der Waals surface area contributed by atoms with Crippen molar-refractivity contribution in [1.82, 2.24) is 10.6 Å². The van der Waals surface area contributed by atoms with Crippen LogP contribution in [0.3, 0.4) is 0 Å². The molecule has 4 aromatic carbocycles. The van der Waals surface area contributed by atoms with Gasteiger partial charge in [-0.15, -0.1) is 24.8 Å². The van der Waals surface area contributed by atoms with E-state index in [2.05, 4.69) is 95.6 Å². The first-order chi connectivity index (χ1) is 15.8. The SMILES string of the molecule is Cl.Cl.c1ccc2cc(CNCC3CCC(CNCc4ccc5ccccc5c4)CC3)ccc2c1. The van der Waals surface area contributed by atoms with Crippen LogP contribution in [0.25, 0.3) is 21.5 Å². The molecule has 0 radical (unpaired) electrons. The largest absolute Gasteiger partial charge is 0.312 e. The number of hydrogen-bond acceptors (Lipinski definition) is 2. The highest BCUT2D eigenvalue weighted by molar-refractivity contribution is 5.86. The average molecular weight is 496 g/mol. The van der Waals surface area contributed by atoms with Gasteiger partial charge in [0.25, 0.3) is 0 Å². The third-order valence-electron chi connectivity index (χ3n) is 7.12. The third kappa shape index (κ3) is 6.96. The van der Waals surface area contributed by atoms with Gasteiger partial charge in [0.2, 0.25) is 0 Å². The Bertz CT molecular complexity index is 1080. The first-order valence-corrected chi connectivity index (χ1v) is 12.2. The summed E-state index contributed by atoms with van der Waals surface area (Å²) < 4.78 is 0. The Hall–Kier alpha value is -2.10. The molecule has 0 spiro atoms. The van der Waals surface area contributed by atoms with Gasteiger partial charge in [0.1, 0.15) is 0 Å². The monoisotopic (exact) mass is 494 g/mol. The Morgan fingerprint density at radius 3 is 1.29 bits per heavy atom. The van der Waals surface area contributed by atoms with Crippen molar-refractivity contribution in [2.24, 2.45) is 11.8 Å². The van der Waals surface area contributed by atoms with Crippen molar-refractivity contribution in [2.45, 2.75) is 38.8 Å². The van der Waals surface area contributed by atoms with Gasteiger partial charge in [0.05, 0.1) is 0 Å². The highest BCUT2D eigenvalue weighted by Gasteiger charge is 2.20. The molecule has 2 N–H and O–H groups in total. The summed E-state index contributed by atoms with van der Waals surface area (Å²) in [6.07, 6.45) is 5.42. The van der Waals surface area contributed by atoms with E-state index in [1.807, 2.05) is 0 Å². The van der Waals surface area contributed by atoms with Crippen molar-refractivity contribution in [3.63, 3.8) is 0 Å². The predicted molar refractivity (Wildman–Crippen MR) is 151 cm³/mol. The van der Waals surface area contributed by atoms with Crippen LogP contribution in [0.15, 0.2) is 84.9 Å². The van der Waals surface area contributed by atoms with Crippen molar-refractivity contribution in [1.29, 1.82) is 0 Å². The van der Waals surface area contributed by atoms with Crippen molar-refractivity contribution in [3.05, 3.63) is 96.1 Å². The highest BCUT2D eigenvalue weighted by atomic mass is 35.5. The smallest absolute Gasteiger partial charge is 0.0205 e. The summed E-state index contributed by atoms with van der Waals surface area (Å²) >= 11 is 0. The summed E-state index contributed by atoms with van der Waals surface area (Å²) in [6.45, 7) is 4.23. The van der Waals surface area contributed by atoms with Crippen molar-refractivity contribution in [2.75, 3.05) is 13.1 Å². The lowest BCUT2D eigenvalue weighted by molar-refractivity contribution is 0.261. The fourth-order valence-electron chi connectivity index (χ4n) is 5.18. The summed E-state index contributed by atoms with van der Waals surface area (Å²) in [5, 5.41) is 12.7. The van der Waals surface area contributed by atoms with Gasteiger partial charge in [-0.25, -0.2) is 0 Å². The molecule has 4 aromatic rings. The number of nitrogens with one attached hydrogen (secondary N) is 2. The van der Waals surface area contributed by atoms with Gasteiger partial charge in [-0.1, -0.05) is 72.8 Å². The molecule has 5 rings (SSSR count). The van der Waals surface area contributed by atoms with Crippen LogP contribution in [-0.2, 0) is 13.1 Å². The molecule has 0 aliphatic heterocycles. The van der Waals surface area contributed by atoms with Crippen LogP contribution in [0.2, 0.25) is 0 Å². The molecular formula is C30H36Cl2N2. The van der Waals surface area contributed by atoms with E-state index in [0.717, 1.165) is 38.0 Å². The number of fused-ring (bicyclic) bond motifs is 2. The minimum Gasteiger partial charge on any atom is -0.312 e. The van der Waals surface area contributed by atoms with Crippen LogP contribution in [0.1, 0.15) is 36.8 Å². The van der Waals surface area contributed by atoms with Crippen LogP contribution >= 0.6 is 24.8 Å². The lowest BCUT2D eigenvalue weighted by atomic mass is 9.82. The third-order valence-corrected chi connectivity index (χ3v) is 7.12. The molecule has 180 valence electrons. The van der Waals surface area contributed by atoms with Crippen molar-refractivity contribution in [3.8, 4) is 0 Å². The Morgan fingerprint density at radius 2 is 0.882 bits per heavy atom. The second kappa shape index (κ2) is 13.1. The zero-order chi connectivity index (χ0) is 21.6. The summed E-state index contributed by atoms with van der Waals surface area (Å²) in [5.41, 5.74) is 2.77. The topological polar surface area (TPSA) is 24.1 Å². The van der Waals surface area contributed by atoms with E-state index < -0.39 is 0 Å². The first-order valence-electron chi connectivity index (χ1n) is 12.2. The number of benzene rings is 4. The van der Waals surface area contributed by atoms with Gasteiger partial charge in [-0.3, -0.25) is 0 Å². The summed E-state index contributed by atoms with van der Waals surface area (Å²) in [5.74, 6) is 1.65. The van der Waals surface area contributed by atoms with Crippen molar-refractivity contribution >= 4 is 46.4 Å². The lowest BCUT2D eigenvalue weighted by Crippen LogP contribution is -2.30. The predicted octanol–water partition coefficient (Wildman–Crippen LogP) is 7.52. The average Bonchev–Trinajstić information content (AvgIpc) is 2.85. The zero-order valence-electron chi connectivity index (χ0n) is 19.7. The number of halogens is 2. The lowest BCUT2D eigenvalue weighted by Gasteiger charge is -2.29. The first kappa shape index (κ1) is 26.5. The molecule has 0 bridgehead atoms. The van der Waals surface area contributed by atoms with E-state index in [1.165, 1.54) is 58.4 Å². The van der Waals surface area contributed by atoms with Gasteiger partial charge in [-0.2, -0.15) is 0 Å². The molecule has 2 nitrogen and oxygen atoms in total. The van der Waals surface area contributed by atoms with E-state index in [9.17, 15) is 0 Å². The Kier molecular flexibility index (Phi) is 10.2. The van der Waals surface area contributed by atoms with E-state index in [-0.39, 0.29) is 24.8 Å². The van der Waals surface area contributed by atoms with Crippen LogP contribution in [0.4, 0.5) is 0 Å². The molecule has 0 aromatic heterocycles. The Labute approximate surface area is 216 Å². The van der Waals surface area contributed by atoms with Crippen LogP contribution in [-0.4, -0.2) is 13.1 Å². The molecule has 1 aliphatic rings. The molecule has 0 atom stereocenters. The van der Waals surface area contributed by atoms with Crippen LogP contribution < -0.4 is 10.6 Å². The van der Waals surface area contributed by atoms with E-state index in [1.54, 1.807) is 0 Å². The van der Waals surface area contributed by atoms with Crippen molar-refractivity contribution < 1.29 is 0 Å². The molecule has 1 fully saturated rings. The second-order valence-electron chi connectivity index (χ2n) is 9.51. The van der Waals surface area contributed by atoms with E-state index in [4.69, 9.17) is 0 Å². The maximum absolute atomic E-state index is 3.71. The highest BCUT2D eigenvalue weighted by Crippen LogP contribution is 2.28. The molecule has 0 saturated heterocycles. The molecule has 0 unspecified atom stereocenters. The van der Waals surface area contributed by atoms with Crippen LogP contribution in [0.5, 0.6) is 0 Å². The number of hydrogen-bond donors (Lipinski definition) is 2.